The van der Waals surface area contributed by atoms with Crippen molar-refractivity contribution < 1.29 is 5.11 Å². The first-order valence-corrected chi connectivity index (χ1v) is 7.53. The molecule has 0 radical (unpaired) electrons. The number of aliphatic hydroxyl groups is 1. The lowest BCUT2D eigenvalue weighted by molar-refractivity contribution is 0.0140. The minimum Gasteiger partial charge on any atom is -0.389 e. The summed E-state index contributed by atoms with van der Waals surface area (Å²) in [6.07, 6.45) is 5.21. The molecule has 108 valence electrons. The van der Waals surface area contributed by atoms with Crippen molar-refractivity contribution in [3.05, 3.63) is 17.5 Å². The van der Waals surface area contributed by atoms with Gasteiger partial charge in [-0.1, -0.05) is 19.8 Å². The zero-order chi connectivity index (χ0) is 13.9. The lowest BCUT2D eigenvalue weighted by Crippen LogP contribution is -2.39. The van der Waals surface area contributed by atoms with E-state index >= 15 is 0 Å². The maximum atomic E-state index is 10.5. The zero-order valence-corrected chi connectivity index (χ0v) is 12.5. The summed E-state index contributed by atoms with van der Waals surface area (Å²) in [6.45, 7) is 6.80. The maximum absolute atomic E-state index is 10.5. The molecule has 1 saturated carbocycles. The quantitative estimate of drug-likeness (QED) is 0.857. The molecule has 4 nitrogen and oxygen atoms in total. The molecule has 0 bridgehead atoms. The largest absolute Gasteiger partial charge is 0.389 e. The van der Waals surface area contributed by atoms with E-state index in [2.05, 4.69) is 41.6 Å². The van der Waals surface area contributed by atoms with Gasteiger partial charge in [-0.3, -0.25) is 9.58 Å². The Morgan fingerprint density at radius 1 is 1.37 bits per heavy atom. The van der Waals surface area contributed by atoms with Crippen molar-refractivity contribution in [1.82, 2.24) is 14.7 Å². The van der Waals surface area contributed by atoms with Crippen LogP contribution in [0.5, 0.6) is 0 Å². The lowest BCUT2D eigenvalue weighted by Gasteiger charge is -2.28. The first-order chi connectivity index (χ1) is 9.06. The van der Waals surface area contributed by atoms with Gasteiger partial charge in [-0.05, 0) is 39.3 Å². The minimum absolute atomic E-state index is 0.459. The highest BCUT2D eigenvalue weighted by Crippen LogP contribution is 2.30. The van der Waals surface area contributed by atoms with Crippen LogP contribution in [-0.4, -0.2) is 39.0 Å². The van der Waals surface area contributed by atoms with Gasteiger partial charge in [-0.2, -0.15) is 5.10 Å². The fourth-order valence-electron chi connectivity index (χ4n) is 3.11. The summed E-state index contributed by atoms with van der Waals surface area (Å²) >= 11 is 0. The Bertz CT molecular complexity index is 408. The number of aryl methyl sites for hydroxylation is 2. The Morgan fingerprint density at radius 3 is 2.63 bits per heavy atom. The second-order valence-corrected chi connectivity index (χ2v) is 5.90. The molecular weight excluding hydrogens is 238 g/mol. The van der Waals surface area contributed by atoms with Gasteiger partial charge in [0.05, 0.1) is 17.0 Å². The normalized spacial score (nSPS) is 18.4. The smallest absolute Gasteiger partial charge is 0.0774 e. The third-order valence-electron chi connectivity index (χ3n) is 4.11. The number of rotatable bonds is 6. The van der Waals surface area contributed by atoms with E-state index in [1.807, 2.05) is 0 Å². The second kappa shape index (κ2) is 6.06. The highest BCUT2D eigenvalue weighted by molar-refractivity contribution is 5.10. The Labute approximate surface area is 116 Å². The molecule has 0 spiro atoms. The molecule has 2 rings (SSSR count). The van der Waals surface area contributed by atoms with E-state index in [-0.39, 0.29) is 0 Å². The molecule has 0 amide bonds. The second-order valence-electron chi connectivity index (χ2n) is 5.90. The van der Waals surface area contributed by atoms with Gasteiger partial charge in [-0.15, -0.1) is 0 Å². The molecule has 0 atom stereocenters. The van der Waals surface area contributed by atoms with Crippen molar-refractivity contribution in [3.63, 3.8) is 0 Å². The van der Waals surface area contributed by atoms with Crippen molar-refractivity contribution in [2.75, 3.05) is 13.6 Å². The average molecular weight is 265 g/mol. The highest BCUT2D eigenvalue weighted by atomic mass is 16.3. The summed E-state index contributed by atoms with van der Waals surface area (Å²) in [4.78, 5) is 2.23. The van der Waals surface area contributed by atoms with E-state index in [9.17, 15) is 5.11 Å². The van der Waals surface area contributed by atoms with Crippen LogP contribution in [0.2, 0.25) is 0 Å². The van der Waals surface area contributed by atoms with Gasteiger partial charge >= 0.3 is 0 Å². The summed E-state index contributed by atoms with van der Waals surface area (Å²) in [7, 11) is 2.09. The summed E-state index contributed by atoms with van der Waals surface area (Å²) in [5.74, 6) is 0. The third-order valence-corrected chi connectivity index (χ3v) is 4.11. The van der Waals surface area contributed by atoms with Crippen LogP contribution in [0.4, 0.5) is 0 Å². The SMILES string of the molecule is CCc1cc(CN(C)CC2(O)CCCC2)n(CC)n1. The lowest BCUT2D eigenvalue weighted by atomic mass is 10.0. The van der Waals surface area contributed by atoms with Crippen LogP contribution in [0, 0.1) is 0 Å². The summed E-state index contributed by atoms with van der Waals surface area (Å²) in [5, 5.41) is 15.0. The van der Waals surface area contributed by atoms with E-state index in [1.54, 1.807) is 0 Å². The molecule has 1 aliphatic carbocycles. The topological polar surface area (TPSA) is 41.3 Å². The first kappa shape index (κ1) is 14.5. The third kappa shape index (κ3) is 3.57. The van der Waals surface area contributed by atoms with Crippen molar-refractivity contribution in [1.29, 1.82) is 0 Å². The molecule has 0 unspecified atom stereocenters. The molecular formula is C15H27N3O. The Morgan fingerprint density at radius 2 is 2.05 bits per heavy atom. The Kier molecular flexibility index (Phi) is 4.63. The van der Waals surface area contributed by atoms with Gasteiger partial charge in [0.15, 0.2) is 0 Å². The maximum Gasteiger partial charge on any atom is 0.0774 e. The summed E-state index contributed by atoms with van der Waals surface area (Å²) < 4.78 is 2.08. The summed E-state index contributed by atoms with van der Waals surface area (Å²) in [6, 6.07) is 2.19. The predicted octanol–water partition coefficient (Wildman–Crippen LogP) is 2.20. The molecule has 1 fully saturated rings. The standard InChI is InChI=1S/C15H27N3O/c1-4-13-10-14(18(5-2)16-13)11-17(3)12-15(19)8-6-7-9-15/h10,19H,4-9,11-12H2,1-3H3. The van der Waals surface area contributed by atoms with Crippen LogP contribution in [0.1, 0.15) is 50.9 Å². The van der Waals surface area contributed by atoms with Crippen LogP contribution < -0.4 is 0 Å². The van der Waals surface area contributed by atoms with Crippen molar-refractivity contribution in [3.8, 4) is 0 Å². The molecule has 0 aliphatic heterocycles. The van der Waals surface area contributed by atoms with Gasteiger partial charge in [0, 0.05) is 19.6 Å². The van der Waals surface area contributed by atoms with Crippen LogP contribution in [0.3, 0.4) is 0 Å². The van der Waals surface area contributed by atoms with Gasteiger partial charge in [0.25, 0.3) is 0 Å². The number of hydrogen-bond acceptors (Lipinski definition) is 3. The number of nitrogens with zero attached hydrogens (tertiary/aromatic N) is 3. The van der Waals surface area contributed by atoms with Crippen molar-refractivity contribution in [2.45, 2.75) is 64.6 Å². The Hall–Kier alpha value is -0.870. The molecule has 1 heterocycles. The predicted molar refractivity (Wildman–Crippen MR) is 77.0 cm³/mol. The summed E-state index contributed by atoms with van der Waals surface area (Å²) in [5.41, 5.74) is 1.95. The van der Waals surface area contributed by atoms with Crippen molar-refractivity contribution >= 4 is 0 Å². The van der Waals surface area contributed by atoms with E-state index in [0.717, 1.165) is 57.4 Å². The van der Waals surface area contributed by atoms with Gasteiger partial charge in [0.2, 0.25) is 0 Å². The van der Waals surface area contributed by atoms with Crippen LogP contribution in [0.25, 0.3) is 0 Å². The van der Waals surface area contributed by atoms with E-state index in [0.29, 0.717) is 0 Å². The molecule has 1 aromatic heterocycles. The molecule has 19 heavy (non-hydrogen) atoms. The van der Waals surface area contributed by atoms with E-state index < -0.39 is 5.60 Å². The average Bonchev–Trinajstić information content (AvgIpc) is 2.95. The fourth-order valence-corrected chi connectivity index (χ4v) is 3.11. The van der Waals surface area contributed by atoms with Crippen molar-refractivity contribution in [2.24, 2.45) is 0 Å². The highest BCUT2D eigenvalue weighted by Gasteiger charge is 2.32. The molecule has 4 heteroatoms. The fraction of sp³-hybridized carbons (Fsp3) is 0.800. The van der Waals surface area contributed by atoms with Gasteiger partial charge in [-0.25, -0.2) is 0 Å². The molecule has 1 aromatic rings. The molecule has 1 N–H and O–H groups in total. The zero-order valence-electron chi connectivity index (χ0n) is 12.5. The number of likely N-dealkylation sites (N-methyl/N-ethyl adjacent to an activating group) is 1. The number of hydrogen-bond donors (Lipinski definition) is 1. The van der Waals surface area contributed by atoms with E-state index in [1.165, 1.54) is 5.69 Å². The minimum atomic E-state index is -0.459. The Balaban J connectivity index is 1.97. The van der Waals surface area contributed by atoms with Crippen LogP contribution in [0.15, 0.2) is 6.07 Å². The van der Waals surface area contributed by atoms with Gasteiger partial charge in [0.1, 0.15) is 0 Å². The van der Waals surface area contributed by atoms with Crippen LogP contribution >= 0.6 is 0 Å². The van der Waals surface area contributed by atoms with E-state index in [4.69, 9.17) is 0 Å². The first-order valence-electron chi connectivity index (χ1n) is 7.53. The molecule has 0 saturated heterocycles. The van der Waals surface area contributed by atoms with Gasteiger partial charge < -0.3 is 5.11 Å². The molecule has 0 aromatic carbocycles. The monoisotopic (exact) mass is 265 g/mol. The molecule has 1 aliphatic rings. The number of aromatic nitrogens is 2. The van der Waals surface area contributed by atoms with Crippen LogP contribution in [-0.2, 0) is 19.5 Å².